The van der Waals surface area contributed by atoms with Gasteiger partial charge in [0.05, 0.1) is 29.8 Å². The van der Waals surface area contributed by atoms with E-state index >= 15 is 0 Å². The van der Waals surface area contributed by atoms with Crippen LogP contribution in [0.3, 0.4) is 0 Å². The first-order valence-corrected chi connectivity index (χ1v) is 10.9. The highest BCUT2D eigenvalue weighted by Gasteiger charge is 2.35. The van der Waals surface area contributed by atoms with Gasteiger partial charge in [-0.15, -0.1) is 0 Å². The van der Waals surface area contributed by atoms with E-state index in [9.17, 15) is 13.2 Å². The molecule has 3 rings (SSSR count). The lowest BCUT2D eigenvalue weighted by molar-refractivity contribution is -0.137. The van der Waals surface area contributed by atoms with Gasteiger partial charge in [0.1, 0.15) is 0 Å². The maximum absolute atomic E-state index is 13.6. The van der Waals surface area contributed by atoms with Crippen LogP contribution in [-0.2, 0) is 6.18 Å². The van der Waals surface area contributed by atoms with Gasteiger partial charge in [0, 0.05) is 19.6 Å². The van der Waals surface area contributed by atoms with E-state index in [4.69, 9.17) is 21.1 Å². The average Bonchev–Trinajstić information content (AvgIpc) is 3.00. The van der Waals surface area contributed by atoms with Crippen molar-refractivity contribution in [3.8, 4) is 11.5 Å². The van der Waals surface area contributed by atoms with E-state index in [2.05, 4.69) is 10.2 Å². The summed E-state index contributed by atoms with van der Waals surface area (Å²) < 4.78 is 52.1. The molecule has 1 aliphatic heterocycles. The fourth-order valence-corrected chi connectivity index (χ4v) is 4.13. The van der Waals surface area contributed by atoms with Gasteiger partial charge >= 0.3 is 6.18 Å². The molecular formula is C23H28ClF3N2O2. The van der Waals surface area contributed by atoms with Crippen LogP contribution >= 0.6 is 11.6 Å². The van der Waals surface area contributed by atoms with Gasteiger partial charge in [-0.1, -0.05) is 23.7 Å². The van der Waals surface area contributed by atoms with E-state index in [1.807, 2.05) is 32.0 Å². The third-order valence-electron chi connectivity index (χ3n) is 5.23. The summed E-state index contributed by atoms with van der Waals surface area (Å²) in [6.07, 6.45) is -3.61. The van der Waals surface area contributed by atoms with Gasteiger partial charge in [-0.25, -0.2) is 0 Å². The molecule has 1 aliphatic rings. The van der Waals surface area contributed by atoms with Crippen molar-refractivity contribution in [3.05, 3.63) is 58.1 Å². The van der Waals surface area contributed by atoms with Crippen molar-refractivity contribution >= 4 is 11.6 Å². The molecule has 8 heteroatoms. The third-order valence-corrected chi connectivity index (χ3v) is 5.56. The van der Waals surface area contributed by atoms with Gasteiger partial charge in [0.2, 0.25) is 0 Å². The molecule has 0 amide bonds. The highest BCUT2D eigenvalue weighted by atomic mass is 35.5. The van der Waals surface area contributed by atoms with Gasteiger partial charge in [-0.2, -0.15) is 13.2 Å². The molecule has 4 nitrogen and oxygen atoms in total. The van der Waals surface area contributed by atoms with Gasteiger partial charge in [0.25, 0.3) is 0 Å². The highest BCUT2D eigenvalue weighted by Crippen LogP contribution is 2.40. The molecule has 0 spiro atoms. The van der Waals surface area contributed by atoms with Crippen molar-refractivity contribution in [2.45, 2.75) is 32.5 Å². The first-order valence-electron chi connectivity index (χ1n) is 10.6. The minimum absolute atomic E-state index is 0.297. The summed E-state index contributed by atoms with van der Waals surface area (Å²) >= 11 is 5.89. The van der Waals surface area contributed by atoms with Crippen LogP contribution in [0.1, 0.15) is 43.0 Å². The maximum atomic E-state index is 13.6. The Labute approximate surface area is 186 Å². The largest absolute Gasteiger partial charge is 0.490 e. The monoisotopic (exact) mass is 456 g/mol. The minimum Gasteiger partial charge on any atom is -0.490 e. The summed E-state index contributed by atoms with van der Waals surface area (Å²) in [6, 6.07) is 9.42. The summed E-state index contributed by atoms with van der Waals surface area (Å²) in [4.78, 5) is 2.20. The van der Waals surface area contributed by atoms with E-state index in [-0.39, 0.29) is 11.1 Å². The van der Waals surface area contributed by atoms with Crippen LogP contribution in [0.15, 0.2) is 36.4 Å². The standard InChI is InChI=1S/C23H28ClF3N2O2/c1-3-30-20-9-7-17(15-21(20)31-4-2)22(29-12-5-10-28-11-13-29)16-6-8-19(24)18(14-16)23(25,26)27/h6-9,14-15,22,28H,3-5,10-13H2,1-2H3. The van der Waals surface area contributed by atoms with Crippen LogP contribution in [0.25, 0.3) is 0 Å². The van der Waals surface area contributed by atoms with Crippen molar-refractivity contribution in [1.82, 2.24) is 10.2 Å². The predicted octanol–water partition coefficient (Wildman–Crippen LogP) is 5.54. The Morgan fingerprint density at radius 2 is 1.65 bits per heavy atom. The molecule has 0 saturated carbocycles. The van der Waals surface area contributed by atoms with Gasteiger partial charge in [-0.3, -0.25) is 4.90 Å². The Balaban J connectivity index is 2.11. The van der Waals surface area contributed by atoms with E-state index in [0.29, 0.717) is 36.8 Å². The highest BCUT2D eigenvalue weighted by molar-refractivity contribution is 6.31. The molecule has 0 radical (unpaired) electrons. The zero-order valence-electron chi connectivity index (χ0n) is 17.8. The molecule has 1 unspecified atom stereocenters. The fraction of sp³-hybridized carbons (Fsp3) is 0.478. The van der Waals surface area contributed by atoms with E-state index in [1.54, 1.807) is 6.07 Å². The molecule has 0 bridgehead atoms. The number of nitrogens with one attached hydrogen (secondary N) is 1. The second-order valence-electron chi connectivity index (χ2n) is 7.35. The number of hydrogen-bond acceptors (Lipinski definition) is 4. The van der Waals surface area contributed by atoms with Crippen molar-refractivity contribution in [2.24, 2.45) is 0 Å². The fourth-order valence-electron chi connectivity index (χ4n) is 3.91. The lowest BCUT2D eigenvalue weighted by Crippen LogP contribution is -2.33. The Kier molecular flexibility index (Phi) is 8.08. The molecule has 31 heavy (non-hydrogen) atoms. The number of ether oxygens (including phenoxy) is 2. The van der Waals surface area contributed by atoms with Crippen molar-refractivity contribution in [3.63, 3.8) is 0 Å². The number of rotatable bonds is 7. The van der Waals surface area contributed by atoms with Crippen molar-refractivity contribution in [2.75, 3.05) is 39.4 Å². The molecular weight excluding hydrogens is 429 g/mol. The molecule has 170 valence electrons. The number of hydrogen-bond donors (Lipinski definition) is 1. The Morgan fingerprint density at radius 3 is 2.35 bits per heavy atom. The van der Waals surface area contributed by atoms with Crippen LogP contribution in [0.2, 0.25) is 5.02 Å². The summed E-state index contributed by atoms with van der Waals surface area (Å²) in [6.45, 7) is 7.85. The third kappa shape index (κ3) is 5.84. The SMILES string of the molecule is CCOc1ccc(C(c2ccc(Cl)c(C(F)(F)F)c2)N2CCCNCC2)cc1OCC. The van der Waals surface area contributed by atoms with Crippen LogP contribution in [0.5, 0.6) is 11.5 Å². The van der Waals surface area contributed by atoms with Crippen LogP contribution in [0, 0.1) is 0 Å². The smallest absolute Gasteiger partial charge is 0.417 e. The number of halogens is 4. The quantitative estimate of drug-likeness (QED) is 0.593. The zero-order chi connectivity index (χ0) is 22.4. The van der Waals surface area contributed by atoms with Crippen LogP contribution in [-0.4, -0.2) is 44.3 Å². The zero-order valence-corrected chi connectivity index (χ0v) is 18.5. The first kappa shape index (κ1) is 23.7. The molecule has 1 N–H and O–H groups in total. The molecule has 1 atom stereocenters. The number of alkyl halides is 3. The lowest BCUT2D eigenvalue weighted by atomic mass is 9.94. The number of nitrogens with zero attached hydrogens (tertiary/aromatic N) is 1. The summed E-state index contributed by atoms with van der Waals surface area (Å²) in [5.74, 6) is 1.21. The minimum atomic E-state index is -4.52. The molecule has 2 aromatic rings. The first-order chi connectivity index (χ1) is 14.8. The van der Waals surface area contributed by atoms with E-state index in [1.165, 1.54) is 12.1 Å². The normalized spacial score (nSPS) is 16.6. The Morgan fingerprint density at radius 1 is 0.968 bits per heavy atom. The number of benzene rings is 2. The molecule has 1 heterocycles. The Bertz CT molecular complexity index is 868. The summed E-state index contributed by atoms with van der Waals surface area (Å²) in [5.41, 5.74) is 0.579. The molecule has 0 aromatic heterocycles. The van der Waals surface area contributed by atoms with E-state index in [0.717, 1.165) is 31.6 Å². The topological polar surface area (TPSA) is 33.7 Å². The van der Waals surface area contributed by atoms with Gasteiger partial charge in [0.15, 0.2) is 11.5 Å². The van der Waals surface area contributed by atoms with Crippen LogP contribution < -0.4 is 14.8 Å². The molecule has 0 aliphatic carbocycles. The van der Waals surface area contributed by atoms with Crippen molar-refractivity contribution in [1.29, 1.82) is 0 Å². The molecule has 1 saturated heterocycles. The lowest BCUT2D eigenvalue weighted by Gasteiger charge is -2.32. The maximum Gasteiger partial charge on any atom is 0.417 e. The van der Waals surface area contributed by atoms with Crippen molar-refractivity contribution < 1.29 is 22.6 Å². The second-order valence-corrected chi connectivity index (χ2v) is 7.76. The molecule has 1 fully saturated rings. The average molecular weight is 457 g/mol. The second kappa shape index (κ2) is 10.6. The Hall–Kier alpha value is -1.96. The van der Waals surface area contributed by atoms with Gasteiger partial charge in [-0.05, 0) is 62.2 Å². The summed E-state index contributed by atoms with van der Waals surface area (Å²) in [5, 5.41) is 3.05. The van der Waals surface area contributed by atoms with Gasteiger partial charge < -0.3 is 14.8 Å². The van der Waals surface area contributed by atoms with Crippen LogP contribution in [0.4, 0.5) is 13.2 Å². The van der Waals surface area contributed by atoms with E-state index < -0.39 is 11.7 Å². The summed E-state index contributed by atoms with van der Waals surface area (Å²) in [7, 11) is 0. The molecule has 2 aromatic carbocycles. The predicted molar refractivity (Wildman–Crippen MR) is 116 cm³/mol.